The highest BCUT2D eigenvalue weighted by molar-refractivity contribution is 5.87. The molecule has 0 aliphatic heterocycles. The van der Waals surface area contributed by atoms with Crippen molar-refractivity contribution >= 4 is 17.8 Å². The zero-order chi connectivity index (χ0) is 17.2. The van der Waals surface area contributed by atoms with Gasteiger partial charge in [-0.15, -0.1) is 0 Å². The van der Waals surface area contributed by atoms with Gasteiger partial charge in [-0.25, -0.2) is 0 Å². The fourth-order valence-corrected chi connectivity index (χ4v) is 2.06. The normalized spacial score (nSPS) is 11.7. The lowest BCUT2D eigenvalue weighted by atomic mass is 9.97. The van der Waals surface area contributed by atoms with Gasteiger partial charge in [0.25, 0.3) is 5.91 Å². The maximum absolute atomic E-state index is 12.1. The first kappa shape index (κ1) is 18.7. The third-order valence-corrected chi connectivity index (χ3v) is 3.14. The maximum Gasteiger partial charge on any atom is 0.313 e. The van der Waals surface area contributed by atoms with E-state index in [-0.39, 0.29) is 18.5 Å². The number of hydrogen-bond acceptors (Lipinski definition) is 4. The Balaban J connectivity index is 2.40. The van der Waals surface area contributed by atoms with Gasteiger partial charge in [-0.1, -0.05) is 37.3 Å². The van der Waals surface area contributed by atoms with Gasteiger partial charge in [0.1, 0.15) is 0 Å². The molecule has 0 spiro atoms. The van der Waals surface area contributed by atoms with Crippen molar-refractivity contribution in [3.8, 4) is 0 Å². The van der Waals surface area contributed by atoms with Crippen LogP contribution in [-0.2, 0) is 19.1 Å². The van der Waals surface area contributed by atoms with E-state index in [1.807, 2.05) is 51.1 Å². The largest absolute Gasteiger partial charge is 0.455 e. The number of carbonyl (C=O) groups is 3. The third kappa shape index (κ3) is 6.95. The molecule has 0 saturated heterocycles. The molecule has 23 heavy (non-hydrogen) atoms. The Labute approximate surface area is 136 Å². The van der Waals surface area contributed by atoms with Crippen LogP contribution in [0.2, 0.25) is 0 Å². The first-order valence-electron chi connectivity index (χ1n) is 7.71. The van der Waals surface area contributed by atoms with Crippen molar-refractivity contribution in [2.24, 2.45) is 0 Å². The molecule has 0 saturated carbocycles. The van der Waals surface area contributed by atoms with Crippen LogP contribution < -0.4 is 10.6 Å². The minimum Gasteiger partial charge on any atom is -0.455 e. The van der Waals surface area contributed by atoms with Crippen LogP contribution in [0.5, 0.6) is 0 Å². The molecule has 0 radical (unpaired) electrons. The average Bonchev–Trinajstić information content (AvgIpc) is 2.52. The second-order valence-corrected chi connectivity index (χ2v) is 5.48. The van der Waals surface area contributed by atoms with E-state index in [0.717, 1.165) is 5.56 Å². The van der Waals surface area contributed by atoms with Gasteiger partial charge in [0.15, 0.2) is 6.61 Å². The fourth-order valence-electron chi connectivity index (χ4n) is 2.06. The molecular weight excluding hydrogens is 296 g/mol. The summed E-state index contributed by atoms with van der Waals surface area (Å²) in [6.45, 7) is 5.02. The predicted molar refractivity (Wildman–Crippen MR) is 86.7 cm³/mol. The molecule has 6 heteroatoms. The van der Waals surface area contributed by atoms with Gasteiger partial charge in [0, 0.05) is 6.04 Å². The minimum atomic E-state index is -0.500. The molecule has 6 nitrogen and oxygen atoms in total. The Bertz CT molecular complexity index is 529. The van der Waals surface area contributed by atoms with E-state index in [9.17, 15) is 14.4 Å². The van der Waals surface area contributed by atoms with Crippen LogP contribution in [0.3, 0.4) is 0 Å². The highest BCUT2D eigenvalue weighted by atomic mass is 16.5. The van der Waals surface area contributed by atoms with Gasteiger partial charge in [-0.2, -0.15) is 0 Å². The molecule has 0 heterocycles. The summed E-state index contributed by atoms with van der Waals surface area (Å²) >= 11 is 0. The number of nitrogens with one attached hydrogen (secondary N) is 2. The van der Waals surface area contributed by atoms with Crippen molar-refractivity contribution in [1.29, 1.82) is 0 Å². The van der Waals surface area contributed by atoms with Crippen LogP contribution in [0.15, 0.2) is 30.3 Å². The monoisotopic (exact) mass is 320 g/mol. The van der Waals surface area contributed by atoms with E-state index in [1.165, 1.54) is 0 Å². The number of ether oxygens (including phenoxy) is 1. The first-order valence-corrected chi connectivity index (χ1v) is 7.71. The van der Waals surface area contributed by atoms with E-state index in [1.54, 1.807) is 0 Å². The van der Waals surface area contributed by atoms with Gasteiger partial charge < -0.3 is 15.4 Å². The zero-order valence-electron chi connectivity index (χ0n) is 13.8. The number of hydrogen-bond donors (Lipinski definition) is 2. The van der Waals surface area contributed by atoms with Gasteiger partial charge >= 0.3 is 5.97 Å². The summed E-state index contributed by atoms with van der Waals surface area (Å²) in [5.74, 6) is -1.62. The zero-order valence-corrected chi connectivity index (χ0v) is 13.8. The van der Waals surface area contributed by atoms with Gasteiger partial charge in [-0.3, -0.25) is 14.4 Å². The minimum absolute atomic E-state index is 0.00779. The molecule has 126 valence electrons. The Morgan fingerprint density at radius 1 is 1.09 bits per heavy atom. The van der Waals surface area contributed by atoms with Crippen molar-refractivity contribution in [2.45, 2.75) is 39.2 Å². The number of amides is 2. The Kier molecular flexibility index (Phi) is 7.80. The van der Waals surface area contributed by atoms with E-state index >= 15 is 0 Å². The lowest BCUT2D eigenvalue weighted by Crippen LogP contribution is -2.41. The van der Waals surface area contributed by atoms with Crippen molar-refractivity contribution in [3.63, 3.8) is 0 Å². The van der Waals surface area contributed by atoms with Crippen molar-refractivity contribution in [1.82, 2.24) is 10.6 Å². The topological polar surface area (TPSA) is 84.5 Å². The Hall–Kier alpha value is -2.37. The predicted octanol–water partition coefficient (Wildman–Crippen LogP) is 1.36. The fraction of sp³-hybridized carbons (Fsp3) is 0.471. The molecule has 2 N–H and O–H groups in total. The SMILES string of the molecule is CC[C@@H](C(=O)OCC(=O)NCC(=O)NC(C)C)c1ccccc1. The molecule has 1 rings (SSSR count). The summed E-state index contributed by atoms with van der Waals surface area (Å²) in [5, 5.41) is 5.06. The smallest absolute Gasteiger partial charge is 0.313 e. The third-order valence-electron chi connectivity index (χ3n) is 3.14. The first-order chi connectivity index (χ1) is 10.9. The second-order valence-electron chi connectivity index (χ2n) is 5.48. The number of carbonyl (C=O) groups excluding carboxylic acids is 3. The summed E-state index contributed by atoms with van der Waals surface area (Å²) in [7, 11) is 0. The van der Waals surface area contributed by atoms with Crippen LogP contribution in [0.1, 0.15) is 38.7 Å². The quantitative estimate of drug-likeness (QED) is 0.708. The van der Waals surface area contributed by atoms with Crippen molar-refractivity contribution in [3.05, 3.63) is 35.9 Å². The van der Waals surface area contributed by atoms with E-state index in [2.05, 4.69) is 10.6 Å². The summed E-state index contributed by atoms with van der Waals surface area (Å²) in [5.41, 5.74) is 0.858. The Morgan fingerprint density at radius 2 is 1.74 bits per heavy atom. The van der Waals surface area contributed by atoms with Crippen LogP contribution >= 0.6 is 0 Å². The molecule has 1 aromatic carbocycles. The molecule has 0 aromatic heterocycles. The molecular formula is C17H24N2O4. The van der Waals surface area contributed by atoms with Crippen molar-refractivity contribution in [2.75, 3.05) is 13.2 Å². The van der Waals surface area contributed by atoms with Crippen LogP contribution in [0.4, 0.5) is 0 Å². The van der Waals surface area contributed by atoms with Crippen LogP contribution in [0, 0.1) is 0 Å². The molecule has 0 bridgehead atoms. The lowest BCUT2D eigenvalue weighted by molar-refractivity contribution is -0.150. The summed E-state index contributed by atoms with van der Waals surface area (Å²) < 4.78 is 5.04. The molecule has 0 aliphatic carbocycles. The van der Waals surface area contributed by atoms with Gasteiger partial charge in [0.2, 0.25) is 5.91 Å². The molecule has 2 amide bonds. The van der Waals surface area contributed by atoms with E-state index in [0.29, 0.717) is 6.42 Å². The molecule has 0 fully saturated rings. The van der Waals surface area contributed by atoms with Crippen molar-refractivity contribution < 1.29 is 19.1 Å². The standard InChI is InChI=1S/C17H24N2O4/c1-4-14(13-8-6-5-7-9-13)17(22)23-11-16(21)18-10-15(20)19-12(2)3/h5-9,12,14H,4,10-11H2,1-3H3,(H,18,21)(H,19,20)/t14-/m1/s1. The molecule has 1 atom stereocenters. The number of benzene rings is 1. The maximum atomic E-state index is 12.1. The van der Waals surface area contributed by atoms with E-state index < -0.39 is 24.4 Å². The van der Waals surface area contributed by atoms with E-state index in [4.69, 9.17) is 4.74 Å². The summed E-state index contributed by atoms with van der Waals surface area (Å²) in [6, 6.07) is 9.29. The van der Waals surface area contributed by atoms with Gasteiger partial charge in [-0.05, 0) is 25.8 Å². The lowest BCUT2D eigenvalue weighted by Gasteiger charge is -2.14. The Morgan fingerprint density at radius 3 is 2.30 bits per heavy atom. The number of esters is 1. The van der Waals surface area contributed by atoms with Crippen LogP contribution in [0.25, 0.3) is 0 Å². The molecule has 1 aromatic rings. The van der Waals surface area contributed by atoms with Crippen LogP contribution in [-0.4, -0.2) is 37.0 Å². The highest BCUT2D eigenvalue weighted by Gasteiger charge is 2.21. The van der Waals surface area contributed by atoms with Gasteiger partial charge in [0.05, 0.1) is 12.5 Å². The highest BCUT2D eigenvalue weighted by Crippen LogP contribution is 2.20. The number of rotatable bonds is 8. The molecule has 0 aliphatic rings. The summed E-state index contributed by atoms with van der Waals surface area (Å²) in [6.07, 6.45) is 0.585. The second kappa shape index (κ2) is 9.61. The summed E-state index contributed by atoms with van der Waals surface area (Å²) in [4.78, 5) is 35.1. The molecule has 0 unspecified atom stereocenters. The average molecular weight is 320 g/mol.